The zero-order valence-electron chi connectivity index (χ0n) is 12.9. The maximum absolute atomic E-state index is 4.59. The normalized spacial score (nSPS) is 11.4. The Bertz CT molecular complexity index is 362. The summed E-state index contributed by atoms with van der Waals surface area (Å²) in [6.45, 7) is 6.97. The van der Waals surface area contributed by atoms with Crippen LogP contribution >= 0.6 is 0 Å². The first-order valence-corrected chi connectivity index (χ1v) is 7.79. The second-order valence-electron chi connectivity index (χ2n) is 4.82. The van der Waals surface area contributed by atoms with Crippen LogP contribution in [0.15, 0.2) is 29.4 Å². The van der Waals surface area contributed by atoms with Crippen molar-refractivity contribution >= 4 is 5.96 Å². The van der Waals surface area contributed by atoms with Crippen LogP contribution in [-0.2, 0) is 6.42 Å². The van der Waals surface area contributed by atoms with E-state index in [1.807, 2.05) is 18.3 Å². The van der Waals surface area contributed by atoms with Crippen molar-refractivity contribution in [2.75, 3.05) is 19.6 Å². The molecule has 1 rings (SSSR count). The molecular weight excluding hydrogens is 248 g/mol. The Morgan fingerprint density at radius 2 is 2.05 bits per heavy atom. The summed E-state index contributed by atoms with van der Waals surface area (Å²) in [6, 6.07) is 6.02. The summed E-state index contributed by atoms with van der Waals surface area (Å²) in [5.74, 6) is 0.917. The van der Waals surface area contributed by atoms with Crippen LogP contribution in [0.1, 0.15) is 45.2 Å². The average molecular weight is 276 g/mol. The van der Waals surface area contributed by atoms with E-state index >= 15 is 0 Å². The molecule has 0 radical (unpaired) electrons. The highest BCUT2D eigenvalue weighted by atomic mass is 15.2. The topological polar surface area (TPSA) is 49.3 Å². The molecule has 20 heavy (non-hydrogen) atoms. The fraction of sp³-hybridized carbons (Fsp3) is 0.625. The molecule has 0 amide bonds. The molecule has 1 heterocycles. The summed E-state index contributed by atoms with van der Waals surface area (Å²) in [5, 5.41) is 6.64. The first kappa shape index (κ1) is 16.5. The summed E-state index contributed by atoms with van der Waals surface area (Å²) in [7, 11) is 0. The molecule has 0 spiro atoms. The van der Waals surface area contributed by atoms with Gasteiger partial charge in [-0.2, -0.15) is 0 Å². The lowest BCUT2D eigenvalue weighted by Crippen LogP contribution is -2.38. The highest BCUT2D eigenvalue weighted by Gasteiger charge is 1.97. The number of unbranched alkanes of at least 4 members (excludes halogenated alkanes) is 3. The molecule has 0 saturated heterocycles. The molecule has 4 heteroatoms. The Morgan fingerprint density at radius 1 is 1.15 bits per heavy atom. The van der Waals surface area contributed by atoms with E-state index in [4.69, 9.17) is 0 Å². The molecule has 1 aromatic rings. The summed E-state index contributed by atoms with van der Waals surface area (Å²) in [4.78, 5) is 8.91. The van der Waals surface area contributed by atoms with Gasteiger partial charge in [0, 0.05) is 37.9 Å². The molecule has 0 atom stereocenters. The van der Waals surface area contributed by atoms with Gasteiger partial charge >= 0.3 is 0 Å². The van der Waals surface area contributed by atoms with Gasteiger partial charge in [-0.1, -0.05) is 32.3 Å². The second-order valence-corrected chi connectivity index (χ2v) is 4.82. The van der Waals surface area contributed by atoms with E-state index in [0.717, 1.165) is 37.7 Å². The minimum absolute atomic E-state index is 0.859. The number of rotatable bonds is 9. The van der Waals surface area contributed by atoms with Gasteiger partial charge < -0.3 is 10.6 Å². The fourth-order valence-corrected chi connectivity index (χ4v) is 1.93. The highest BCUT2D eigenvalue weighted by molar-refractivity contribution is 5.79. The highest BCUT2D eigenvalue weighted by Crippen LogP contribution is 1.98. The van der Waals surface area contributed by atoms with Crippen molar-refractivity contribution in [2.24, 2.45) is 4.99 Å². The number of guanidine groups is 1. The SMILES string of the molecule is CCCCCCN=C(NCC)NCCc1ccccn1. The zero-order valence-corrected chi connectivity index (χ0v) is 12.9. The van der Waals surface area contributed by atoms with E-state index in [1.165, 1.54) is 25.7 Å². The number of pyridine rings is 1. The summed E-state index contributed by atoms with van der Waals surface area (Å²) in [5.41, 5.74) is 1.11. The molecule has 0 bridgehead atoms. The molecule has 0 unspecified atom stereocenters. The first-order valence-electron chi connectivity index (χ1n) is 7.79. The fourth-order valence-electron chi connectivity index (χ4n) is 1.93. The smallest absolute Gasteiger partial charge is 0.191 e. The zero-order chi connectivity index (χ0) is 14.5. The van der Waals surface area contributed by atoms with Gasteiger partial charge in [-0.3, -0.25) is 9.98 Å². The molecule has 0 saturated carbocycles. The van der Waals surface area contributed by atoms with Crippen molar-refractivity contribution in [3.8, 4) is 0 Å². The quantitative estimate of drug-likeness (QED) is 0.414. The molecule has 2 N–H and O–H groups in total. The van der Waals surface area contributed by atoms with Crippen LogP contribution in [0.3, 0.4) is 0 Å². The van der Waals surface area contributed by atoms with Crippen LogP contribution in [-0.4, -0.2) is 30.6 Å². The van der Waals surface area contributed by atoms with Crippen molar-refractivity contribution < 1.29 is 0 Å². The van der Waals surface area contributed by atoms with Crippen LogP contribution < -0.4 is 10.6 Å². The second kappa shape index (κ2) is 11.3. The van der Waals surface area contributed by atoms with Crippen LogP contribution in [0.25, 0.3) is 0 Å². The standard InChI is InChI=1S/C16H28N4/c1-3-5-6-8-13-19-16(17-4-2)20-14-11-15-10-7-9-12-18-15/h7,9-10,12H,3-6,8,11,13-14H2,1-2H3,(H2,17,19,20). The maximum atomic E-state index is 4.59. The Kier molecular flexibility index (Phi) is 9.28. The largest absolute Gasteiger partial charge is 0.357 e. The molecule has 0 fully saturated rings. The maximum Gasteiger partial charge on any atom is 0.191 e. The molecule has 0 aromatic carbocycles. The van der Waals surface area contributed by atoms with Gasteiger partial charge in [-0.05, 0) is 25.5 Å². The molecule has 112 valence electrons. The number of nitrogens with zero attached hydrogens (tertiary/aromatic N) is 2. The number of aliphatic imine (C=N–C) groups is 1. The predicted octanol–water partition coefficient (Wildman–Crippen LogP) is 2.76. The van der Waals surface area contributed by atoms with Gasteiger partial charge in [-0.15, -0.1) is 0 Å². The lowest BCUT2D eigenvalue weighted by atomic mass is 10.2. The first-order chi connectivity index (χ1) is 9.86. The van der Waals surface area contributed by atoms with E-state index < -0.39 is 0 Å². The van der Waals surface area contributed by atoms with Crippen LogP contribution in [0.5, 0.6) is 0 Å². The minimum atomic E-state index is 0.859. The Balaban J connectivity index is 2.25. The summed E-state index contributed by atoms with van der Waals surface area (Å²) >= 11 is 0. The van der Waals surface area contributed by atoms with Crippen molar-refractivity contribution in [3.63, 3.8) is 0 Å². The van der Waals surface area contributed by atoms with Crippen molar-refractivity contribution in [3.05, 3.63) is 30.1 Å². The van der Waals surface area contributed by atoms with Crippen molar-refractivity contribution in [1.82, 2.24) is 15.6 Å². The number of nitrogens with one attached hydrogen (secondary N) is 2. The van der Waals surface area contributed by atoms with E-state index in [2.05, 4.69) is 40.5 Å². The predicted molar refractivity (Wildman–Crippen MR) is 86.1 cm³/mol. The minimum Gasteiger partial charge on any atom is -0.357 e. The number of hydrogen-bond acceptors (Lipinski definition) is 2. The van der Waals surface area contributed by atoms with Gasteiger partial charge in [0.1, 0.15) is 0 Å². The van der Waals surface area contributed by atoms with Crippen LogP contribution in [0, 0.1) is 0 Å². The Labute approximate surface area is 123 Å². The van der Waals surface area contributed by atoms with Gasteiger partial charge in [0.25, 0.3) is 0 Å². The van der Waals surface area contributed by atoms with E-state index in [0.29, 0.717) is 0 Å². The molecule has 0 aliphatic heterocycles. The summed E-state index contributed by atoms with van der Waals surface area (Å²) in [6.07, 6.45) is 7.77. The third-order valence-corrected chi connectivity index (χ3v) is 3.03. The molecule has 4 nitrogen and oxygen atoms in total. The van der Waals surface area contributed by atoms with Crippen molar-refractivity contribution in [2.45, 2.75) is 46.0 Å². The monoisotopic (exact) mass is 276 g/mol. The third-order valence-electron chi connectivity index (χ3n) is 3.03. The van der Waals surface area contributed by atoms with Gasteiger partial charge in [0.2, 0.25) is 0 Å². The van der Waals surface area contributed by atoms with E-state index in [-0.39, 0.29) is 0 Å². The Morgan fingerprint density at radius 3 is 2.75 bits per heavy atom. The van der Waals surface area contributed by atoms with Crippen molar-refractivity contribution in [1.29, 1.82) is 0 Å². The average Bonchev–Trinajstić information content (AvgIpc) is 2.48. The lowest BCUT2D eigenvalue weighted by molar-refractivity contribution is 0.670. The van der Waals surface area contributed by atoms with Crippen LogP contribution in [0.4, 0.5) is 0 Å². The van der Waals surface area contributed by atoms with Gasteiger partial charge in [0.05, 0.1) is 0 Å². The lowest BCUT2D eigenvalue weighted by Gasteiger charge is -2.11. The van der Waals surface area contributed by atoms with E-state index in [9.17, 15) is 0 Å². The van der Waals surface area contributed by atoms with E-state index in [1.54, 1.807) is 0 Å². The number of aromatic nitrogens is 1. The Hall–Kier alpha value is -1.58. The van der Waals surface area contributed by atoms with Gasteiger partial charge in [0.15, 0.2) is 5.96 Å². The third kappa shape index (κ3) is 7.77. The molecule has 0 aliphatic rings. The number of hydrogen-bond donors (Lipinski definition) is 2. The van der Waals surface area contributed by atoms with Crippen LogP contribution in [0.2, 0.25) is 0 Å². The molecule has 1 aromatic heterocycles. The molecule has 0 aliphatic carbocycles. The summed E-state index contributed by atoms with van der Waals surface area (Å²) < 4.78 is 0. The molecular formula is C16H28N4. The van der Waals surface area contributed by atoms with Gasteiger partial charge in [-0.25, -0.2) is 0 Å².